The highest BCUT2D eigenvalue weighted by Crippen LogP contribution is 2.49. The van der Waals surface area contributed by atoms with Gasteiger partial charge in [0.15, 0.2) is 6.67 Å². The Kier molecular flexibility index (Phi) is 5.92. The van der Waals surface area contributed by atoms with E-state index < -0.39 is 43.2 Å². The van der Waals surface area contributed by atoms with Crippen LogP contribution in [0.5, 0.6) is 0 Å². The Balaban J connectivity index is 6.25. The molecule has 0 aliphatic carbocycles. The summed E-state index contributed by atoms with van der Waals surface area (Å²) in [5.74, 6) is -2.87. The molecular formula is C10H10F9NO2. The molecule has 0 bridgehead atoms. The predicted octanol–water partition coefficient (Wildman–Crippen LogP) is 3.07. The summed E-state index contributed by atoms with van der Waals surface area (Å²) < 4.78 is 117. The van der Waals surface area contributed by atoms with Crippen LogP contribution in [-0.2, 0) is 9.53 Å². The molecule has 0 radical (unpaired) electrons. The number of hydrogen-bond donors (Lipinski definition) is 0. The summed E-state index contributed by atoms with van der Waals surface area (Å²) in [6, 6.07) is 0. The maximum Gasteiger partial charge on any atom is 0.436 e. The van der Waals surface area contributed by atoms with Gasteiger partial charge in [0.1, 0.15) is 0 Å². The van der Waals surface area contributed by atoms with Gasteiger partial charge >= 0.3 is 24.1 Å². The van der Waals surface area contributed by atoms with Gasteiger partial charge in [0.2, 0.25) is 0 Å². The van der Waals surface area contributed by atoms with E-state index in [2.05, 4.69) is 11.3 Å². The quantitative estimate of drug-likeness (QED) is 0.546. The molecule has 1 amide bonds. The molecule has 0 rings (SSSR count). The van der Waals surface area contributed by atoms with Crippen molar-refractivity contribution < 1.29 is 49.0 Å². The fourth-order valence-corrected chi connectivity index (χ4v) is 1.36. The second kappa shape index (κ2) is 6.34. The molecule has 0 saturated carbocycles. The number of carbonyl (C=O) groups excluding carboxylic acids is 1. The number of ether oxygens (including phenoxy) is 1. The number of likely N-dealkylation sites (N-methyl/N-ethyl adjacent to an activating group) is 1. The number of amides is 1. The van der Waals surface area contributed by atoms with Gasteiger partial charge in [-0.05, 0) is 0 Å². The molecule has 0 unspecified atom stereocenters. The Bertz CT molecular complexity index is 402. The number of rotatable bonds is 6. The zero-order valence-corrected chi connectivity index (χ0v) is 10.9. The summed E-state index contributed by atoms with van der Waals surface area (Å²) in [7, 11) is 0.479. The Morgan fingerprint density at radius 2 is 1.50 bits per heavy atom. The van der Waals surface area contributed by atoms with Crippen LogP contribution in [0.4, 0.5) is 39.5 Å². The summed E-state index contributed by atoms with van der Waals surface area (Å²) >= 11 is 0. The minimum absolute atomic E-state index is 0.178. The summed E-state index contributed by atoms with van der Waals surface area (Å²) in [5, 5.41) is 0. The van der Waals surface area contributed by atoms with E-state index in [1.807, 2.05) is 0 Å². The highest BCUT2D eigenvalue weighted by Gasteiger charge is 2.80. The van der Waals surface area contributed by atoms with Gasteiger partial charge in [0.05, 0.1) is 0 Å². The van der Waals surface area contributed by atoms with Gasteiger partial charge in [-0.3, -0.25) is 9.53 Å². The van der Waals surface area contributed by atoms with Crippen LogP contribution in [-0.4, -0.2) is 55.1 Å². The fraction of sp³-hybridized carbons (Fsp3) is 0.700. The molecule has 0 saturated heterocycles. The maximum absolute atomic E-state index is 12.8. The van der Waals surface area contributed by atoms with Gasteiger partial charge < -0.3 is 4.90 Å². The van der Waals surface area contributed by atoms with E-state index in [1.165, 1.54) is 0 Å². The van der Waals surface area contributed by atoms with Crippen molar-refractivity contribution in [2.45, 2.75) is 24.1 Å². The average molecular weight is 347 g/mol. The molecule has 130 valence electrons. The fourth-order valence-electron chi connectivity index (χ4n) is 1.36. The molecule has 3 nitrogen and oxygen atoms in total. The third-order valence-electron chi connectivity index (χ3n) is 2.31. The lowest BCUT2D eigenvalue weighted by Gasteiger charge is -2.39. The molecular weight excluding hydrogens is 337 g/mol. The lowest BCUT2D eigenvalue weighted by molar-refractivity contribution is -0.424. The average Bonchev–Trinajstić information content (AvgIpc) is 2.32. The molecule has 0 heterocycles. The first-order valence-corrected chi connectivity index (χ1v) is 5.30. The van der Waals surface area contributed by atoms with Crippen molar-refractivity contribution in [2.24, 2.45) is 0 Å². The Morgan fingerprint density at radius 1 is 1.09 bits per heavy atom. The van der Waals surface area contributed by atoms with Gasteiger partial charge in [0, 0.05) is 13.6 Å². The molecule has 0 aromatic heterocycles. The highest BCUT2D eigenvalue weighted by atomic mass is 19.4. The van der Waals surface area contributed by atoms with Crippen molar-refractivity contribution in [2.75, 3.05) is 20.3 Å². The first-order chi connectivity index (χ1) is 9.66. The lowest BCUT2D eigenvalue weighted by Crippen LogP contribution is -2.69. The van der Waals surface area contributed by atoms with Crippen LogP contribution in [0, 0.1) is 0 Å². The van der Waals surface area contributed by atoms with E-state index in [0.29, 0.717) is 7.05 Å². The molecule has 22 heavy (non-hydrogen) atoms. The van der Waals surface area contributed by atoms with E-state index in [0.717, 1.165) is 6.08 Å². The Labute approximate surface area is 118 Å². The molecule has 0 atom stereocenters. The van der Waals surface area contributed by atoms with Crippen LogP contribution in [0.15, 0.2) is 12.7 Å². The van der Waals surface area contributed by atoms with E-state index in [1.54, 1.807) is 0 Å². The second-order valence-electron chi connectivity index (χ2n) is 4.02. The van der Waals surface area contributed by atoms with Crippen molar-refractivity contribution in [1.82, 2.24) is 4.90 Å². The molecule has 0 spiro atoms. The first kappa shape index (κ1) is 20.5. The van der Waals surface area contributed by atoms with Gasteiger partial charge in [-0.25, -0.2) is 4.39 Å². The molecule has 0 aliphatic heterocycles. The van der Waals surface area contributed by atoms with Crippen molar-refractivity contribution in [3.05, 3.63) is 12.7 Å². The Hall–Kier alpha value is -1.46. The zero-order valence-electron chi connectivity index (χ0n) is 10.9. The summed E-state index contributed by atoms with van der Waals surface area (Å²) in [4.78, 5) is 11.3. The van der Waals surface area contributed by atoms with E-state index in [4.69, 9.17) is 0 Å². The van der Waals surface area contributed by atoms with Gasteiger partial charge in [-0.15, -0.1) is 6.58 Å². The second-order valence-corrected chi connectivity index (χ2v) is 4.02. The third-order valence-corrected chi connectivity index (χ3v) is 2.31. The van der Waals surface area contributed by atoms with Crippen LogP contribution in [0.3, 0.4) is 0 Å². The van der Waals surface area contributed by atoms with Crippen molar-refractivity contribution in [3.63, 3.8) is 0 Å². The van der Waals surface area contributed by atoms with E-state index >= 15 is 0 Å². The van der Waals surface area contributed by atoms with E-state index in [9.17, 15) is 44.3 Å². The number of hydrogen-bond acceptors (Lipinski definition) is 2. The molecule has 12 heteroatoms. The zero-order chi connectivity index (χ0) is 18.0. The Morgan fingerprint density at radius 3 is 1.77 bits per heavy atom. The summed E-state index contributed by atoms with van der Waals surface area (Å²) in [6.45, 7) is -0.834. The van der Waals surface area contributed by atoms with Gasteiger partial charge in [0.25, 0.3) is 5.91 Å². The molecule has 0 fully saturated rings. The monoisotopic (exact) mass is 347 g/mol. The SMILES string of the molecule is C=CCN(C)C(=O)C(OC(F)(F)CF)(C(F)(F)F)C(F)(F)F. The highest BCUT2D eigenvalue weighted by molar-refractivity contribution is 5.87. The largest absolute Gasteiger partial charge is 0.436 e. The molecule has 0 aliphatic rings. The topological polar surface area (TPSA) is 29.5 Å². The number of alkyl halides is 9. The standard InChI is InChI=1S/C10H10F9NO2/c1-3-4-20(2)6(21)8(9(14,15)16,10(17,18)19)22-7(12,13)5-11/h3H,1,4-5H2,2H3. The predicted molar refractivity (Wildman–Crippen MR) is 54.7 cm³/mol. The number of halogens is 9. The smallest absolute Gasteiger partial charge is 0.339 e. The number of carbonyl (C=O) groups is 1. The van der Waals surface area contributed by atoms with Gasteiger partial charge in [-0.1, -0.05) is 6.08 Å². The number of nitrogens with zero attached hydrogens (tertiary/aromatic N) is 1. The lowest BCUT2D eigenvalue weighted by atomic mass is 10.00. The summed E-state index contributed by atoms with van der Waals surface area (Å²) in [5.41, 5.74) is -5.91. The van der Waals surface area contributed by atoms with Crippen LogP contribution in [0.25, 0.3) is 0 Å². The van der Waals surface area contributed by atoms with Crippen LogP contribution < -0.4 is 0 Å². The minimum atomic E-state index is -6.61. The van der Waals surface area contributed by atoms with Crippen LogP contribution >= 0.6 is 0 Å². The van der Waals surface area contributed by atoms with Gasteiger partial charge in [-0.2, -0.15) is 35.1 Å². The minimum Gasteiger partial charge on any atom is -0.339 e. The van der Waals surface area contributed by atoms with Crippen molar-refractivity contribution >= 4 is 5.91 Å². The van der Waals surface area contributed by atoms with Crippen molar-refractivity contribution in [3.8, 4) is 0 Å². The van der Waals surface area contributed by atoms with E-state index in [-0.39, 0.29) is 4.90 Å². The summed E-state index contributed by atoms with van der Waals surface area (Å²) in [6.07, 6.45) is -18.0. The maximum atomic E-state index is 12.8. The first-order valence-electron chi connectivity index (χ1n) is 5.30. The molecule has 0 aromatic carbocycles. The van der Waals surface area contributed by atoms with Crippen LogP contribution in [0.2, 0.25) is 0 Å². The van der Waals surface area contributed by atoms with Crippen LogP contribution in [0.1, 0.15) is 0 Å². The third kappa shape index (κ3) is 3.84. The van der Waals surface area contributed by atoms with Crippen molar-refractivity contribution in [1.29, 1.82) is 0 Å². The normalized spacial score (nSPS) is 13.9. The molecule has 0 aromatic rings. The molecule has 0 N–H and O–H groups in total.